The maximum absolute atomic E-state index is 6.25. The molecule has 2 aliphatic carbocycles. The average molecular weight is 280 g/mol. The Morgan fingerprint density at radius 3 is 2.53 bits per heavy atom. The van der Waals surface area contributed by atoms with Crippen molar-refractivity contribution in [3.05, 3.63) is 16.5 Å². The summed E-state index contributed by atoms with van der Waals surface area (Å²) >= 11 is 6.25. The third kappa shape index (κ3) is 2.45. The van der Waals surface area contributed by atoms with Gasteiger partial charge in [-0.3, -0.25) is 0 Å². The largest absolute Gasteiger partial charge is 0.357 e. The van der Waals surface area contributed by atoms with E-state index in [1.54, 1.807) is 0 Å². The topological polar surface area (TPSA) is 29.0 Å². The number of fused-ring (bicyclic) bond motifs is 2. The summed E-state index contributed by atoms with van der Waals surface area (Å²) < 4.78 is 0. The summed E-state index contributed by atoms with van der Waals surface area (Å²) in [5.41, 5.74) is 1.89. The van der Waals surface area contributed by atoms with Crippen molar-refractivity contribution in [1.82, 2.24) is 9.97 Å². The van der Waals surface area contributed by atoms with E-state index in [-0.39, 0.29) is 0 Å². The van der Waals surface area contributed by atoms with Gasteiger partial charge in [0, 0.05) is 13.6 Å². The average Bonchev–Trinajstić information content (AvgIpc) is 2.95. The third-order valence-corrected chi connectivity index (χ3v) is 5.26. The van der Waals surface area contributed by atoms with Crippen LogP contribution in [0.4, 0.5) is 5.82 Å². The molecular formula is C15H22ClN3. The third-order valence-electron chi connectivity index (χ3n) is 5.00. The molecule has 1 aromatic heterocycles. The van der Waals surface area contributed by atoms with Crippen LogP contribution in [0, 0.1) is 31.6 Å². The van der Waals surface area contributed by atoms with Crippen molar-refractivity contribution < 1.29 is 0 Å². The zero-order valence-corrected chi connectivity index (χ0v) is 12.7. The lowest BCUT2D eigenvalue weighted by Crippen LogP contribution is -2.29. The van der Waals surface area contributed by atoms with Gasteiger partial charge in [-0.2, -0.15) is 0 Å². The van der Waals surface area contributed by atoms with Crippen molar-refractivity contribution in [2.45, 2.75) is 39.5 Å². The van der Waals surface area contributed by atoms with Crippen LogP contribution >= 0.6 is 11.6 Å². The van der Waals surface area contributed by atoms with Crippen LogP contribution in [0.1, 0.15) is 37.1 Å². The number of nitrogens with zero attached hydrogens (tertiary/aromatic N) is 3. The Kier molecular flexibility index (Phi) is 3.42. The van der Waals surface area contributed by atoms with Crippen molar-refractivity contribution in [3.8, 4) is 0 Å². The van der Waals surface area contributed by atoms with E-state index in [0.29, 0.717) is 5.15 Å². The van der Waals surface area contributed by atoms with Gasteiger partial charge in [-0.25, -0.2) is 9.97 Å². The summed E-state index contributed by atoms with van der Waals surface area (Å²) in [5, 5.41) is 0.536. The maximum Gasteiger partial charge on any atom is 0.171 e. The molecule has 4 heteroatoms. The van der Waals surface area contributed by atoms with Gasteiger partial charge in [-0.1, -0.05) is 18.0 Å². The highest BCUT2D eigenvalue weighted by atomic mass is 35.5. The Balaban J connectivity index is 1.73. The number of hydrogen-bond acceptors (Lipinski definition) is 3. The van der Waals surface area contributed by atoms with Gasteiger partial charge in [0.1, 0.15) is 0 Å². The second-order valence-electron chi connectivity index (χ2n) is 6.32. The smallest absolute Gasteiger partial charge is 0.171 e. The predicted octanol–water partition coefficient (Wildman–Crippen LogP) is 3.62. The molecule has 104 valence electrons. The molecule has 3 unspecified atom stereocenters. The van der Waals surface area contributed by atoms with E-state index in [2.05, 4.69) is 21.9 Å². The molecule has 0 aromatic carbocycles. The van der Waals surface area contributed by atoms with E-state index in [1.165, 1.54) is 25.7 Å². The monoisotopic (exact) mass is 279 g/mol. The highest BCUT2D eigenvalue weighted by molar-refractivity contribution is 6.31. The highest BCUT2D eigenvalue weighted by Crippen LogP contribution is 2.48. The number of halogens is 1. The minimum Gasteiger partial charge on any atom is -0.357 e. The van der Waals surface area contributed by atoms with Crippen LogP contribution in [0.5, 0.6) is 0 Å². The van der Waals surface area contributed by atoms with Gasteiger partial charge < -0.3 is 4.90 Å². The van der Waals surface area contributed by atoms with E-state index in [9.17, 15) is 0 Å². The van der Waals surface area contributed by atoms with E-state index in [4.69, 9.17) is 11.6 Å². The van der Waals surface area contributed by atoms with Crippen LogP contribution in [0.2, 0.25) is 5.15 Å². The zero-order chi connectivity index (χ0) is 13.6. The quantitative estimate of drug-likeness (QED) is 0.846. The number of anilines is 1. The first-order chi connectivity index (χ1) is 9.04. The number of rotatable bonds is 3. The fraction of sp³-hybridized carbons (Fsp3) is 0.733. The molecular weight excluding hydrogens is 258 g/mol. The molecule has 0 saturated heterocycles. The Morgan fingerprint density at radius 2 is 1.89 bits per heavy atom. The van der Waals surface area contributed by atoms with Gasteiger partial charge in [-0.15, -0.1) is 0 Å². The Hall–Kier alpha value is -0.830. The second-order valence-corrected chi connectivity index (χ2v) is 6.68. The molecule has 0 spiro atoms. The first kappa shape index (κ1) is 13.2. The highest BCUT2D eigenvalue weighted by Gasteiger charge is 2.39. The molecule has 19 heavy (non-hydrogen) atoms. The molecule has 0 radical (unpaired) electrons. The summed E-state index contributed by atoms with van der Waals surface area (Å²) in [6, 6.07) is 0. The standard InChI is InChI=1S/C15H22ClN3/c1-9-10(2)18-15(14(16)17-9)19(3)8-13-7-11-4-5-12(13)6-11/h11-13H,4-8H2,1-3H3. The molecule has 0 amide bonds. The minimum absolute atomic E-state index is 0.536. The summed E-state index contributed by atoms with van der Waals surface area (Å²) in [6.45, 7) is 5.01. The molecule has 0 aliphatic heterocycles. The molecule has 3 atom stereocenters. The van der Waals surface area contributed by atoms with E-state index in [0.717, 1.165) is 41.5 Å². The van der Waals surface area contributed by atoms with E-state index >= 15 is 0 Å². The lowest BCUT2D eigenvalue weighted by Gasteiger charge is -2.28. The lowest BCUT2D eigenvalue weighted by atomic mass is 9.88. The molecule has 2 bridgehead atoms. The molecule has 2 saturated carbocycles. The van der Waals surface area contributed by atoms with E-state index < -0.39 is 0 Å². The molecule has 3 nitrogen and oxygen atoms in total. The second kappa shape index (κ2) is 4.93. The first-order valence-corrected chi connectivity index (χ1v) is 7.64. The van der Waals surface area contributed by atoms with Crippen LogP contribution in [0.15, 0.2) is 0 Å². The predicted molar refractivity (Wildman–Crippen MR) is 78.7 cm³/mol. The Morgan fingerprint density at radius 1 is 1.16 bits per heavy atom. The number of aromatic nitrogens is 2. The van der Waals surface area contributed by atoms with E-state index in [1.807, 2.05) is 13.8 Å². The van der Waals surface area contributed by atoms with Crippen LogP contribution < -0.4 is 4.90 Å². The van der Waals surface area contributed by atoms with Gasteiger partial charge in [0.2, 0.25) is 0 Å². The fourth-order valence-electron chi connectivity index (χ4n) is 3.85. The van der Waals surface area contributed by atoms with Crippen molar-refractivity contribution in [1.29, 1.82) is 0 Å². The number of hydrogen-bond donors (Lipinski definition) is 0. The fourth-order valence-corrected chi connectivity index (χ4v) is 4.16. The number of aryl methyl sites for hydroxylation is 2. The Labute approximate surface area is 120 Å². The molecule has 0 N–H and O–H groups in total. The summed E-state index contributed by atoms with van der Waals surface area (Å²) in [4.78, 5) is 11.2. The Bertz CT molecular complexity index is 489. The van der Waals surface area contributed by atoms with Crippen LogP contribution in [0.25, 0.3) is 0 Å². The lowest BCUT2D eigenvalue weighted by molar-refractivity contribution is 0.337. The first-order valence-electron chi connectivity index (χ1n) is 7.26. The van der Waals surface area contributed by atoms with Crippen LogP contribution in [-0.4, -0.2) is 23.6 Å². The van der Waals surface area contributed by atoms with Gasteiger partial charge in [0.15, 0.2) is 11.0 Å². The SMILES string of the molecule is Cc1nc(Cl)c(N(C)CC2CC3CCC2C3)nc1C. The van der Waals surface area contributed by atoms with Crippen LogP contribution in [-0.2, 0) is 0 Å². The molecule has 1 heterocycles. The van der Waals surface area contributed by atoms with Crippen molar-refractivity contribution in [3.63, 3.8) is 0 Å². The van der Waals surface area contributed by atoms with Gasteiger partial charge in [0.25, 0.3) is 0 Å². The summed E-state index contributed by atoms with van der Waals surface area (Å²) in [6.07, 6.45) is 5.72. The van der Waals surface area contributed by atoms with Crippen LogP contribution in [0.3, 0.4) is 0 Å². The van der Waals surface area contributed by atoms with Crippen molar-refractivity contribution >= 4 is 17.4 Å². The molecule has 1 aromatic rings. The molecule has 2 fully saturated rings. The van der Waals surface area contributed by atoms with Gasteiger partial charge in [-0.05, 0) is 50.9 Å². The normalized spacial score (nSPS) is 28.9. The summed E-state index contributed by atoms with van der Waals surface area (Å²) in [7, 11) is 2.09. The summed E-state index contributed by atoms with van der Waals surface area (Å²) in [5.74, 6) is 3.59. The maximum atomic E-state index is 6.25. The van der Waals surface area contributed by atoms with Gasteiger partial charge >= 0.3 is 0 Å². The molecule has 3 rings (SSSR count). The molecule has 2 aliphatic rings. The zero-order valence-electron chi connectivity index (χ0n) is 12.0. The van der Waals surface area contributed by atoms with Crippen molar-refractivity contribution in [2.24, 2.45) is 17.8 Å². The minimum atomic E-state index is 0.536. The van der Waals surface area contributed by atoms with Gasteiger partial charge in [0.05, 0.1) is 11.4 Å². The van der Waals surface area contributed by atoms with Crippen molar-refractivity contribution in [2.75, 3.05) is 18.5 Å².